The van der Waals surface area contributed by atoms with Crippen LogP contribution in [0, 0.1) is 5.92 Å². The molecule has 5 rings (SSSR count). The SMILES string of the molecule is COc1ccccc1-n1c(COc2ccccc2-c2ccccc2)nnc1SCC1CCOC1. The van der Waals surface area contributed by atoms with E-state index >= 15 is 0 Å². The van der Waals surface area contributed by atoms with Crippen LogP contribution < -0.4 is 9.47 Å². The molecule has 1 atom stereocenters. The first-order chi connectivity index (χ1) is 16.8. The molecule has 1 aliphatic heterocycles. The smallest absolute Gasteiger partial charge is 0.196 e. The van der Waals surface area contributed by atoms with Gasteiger partial charge in [0.2, 0.25) is 0 Å². The molecule has 0 amide bonds. The van der Waals surface area contributed by atoms with Crippen LogP contribution in [0.2, 0.25) is 0 Å². The normalized spacial score (nSPS) is 15.4. The molecule has 1 aliphatic rings. The maximum atomic E-state index is 6.31. The molecule has 0 spiro atoms. The van der Waals surface area contributed by atoms with E-state index in [-0.39, 0.29) is 6.61 Å². The zero-order valence-electron chi connectivity index (χ0n) is 19.1. The number of methoxy groups -OCH3 is 1. The van der Waals surface area contributed by atoms with E-state index in [0.29, 0.717) is 5.92 Å². The lowest BCUT2D eigenvalue weighted by Gasteiger charge is -2.15. The second-order valence-corrected chi connectivity index (χ2v) is 9.08. The molecule has 0 saturated carbocycles. The molecule has 0 N–H and O–H groups in total. The highest BCUT2D eigenvalue weighted by Gasteiger charge is 2.21. The van der Waals surface area contributed by atoms with Gasteiger partial charge >= 0.3 is 0 Å². The third-order valence-corrected chi connectivity index (χ3v) is 6.99. The van der Waals surface area contributed by atoms with Gasteiger partial charge in [-0.3, -0.25) is 4.57 Å². The molecule has 4 aromatic rings. The van der Waals surface area contributed by atoms with Crippen LogP contribution >= 0.6 is 11.8 Å². The minimum absolute atomic E-state index is 0.280. The first kappa shape index (κ1) is 22.5. The number of para-hydroxylation sites is 3. The van der Waals surface area contributed by atoms with Crippen molar-refractivity contribution in [1.29, 1.82) is 0 Å². The van der Waals surface area contributed by atoms with Gasteiger partial charge in [0, 0.05) is 17.9 Å². The van der Waals surface area contributed by atoms with Gasteiger partial charge < -0.3 is 14.2 Å². The maximum absolute atomic E-state index is 6.31. The molecule has 0 aliphatic carbocycles. The maximum Gasteiger partial charge on any atom is 0.196 e. The summed E-state index contributed by atoms with van der Waals surface area (Å²) in [5.74, 6) is 3.76. The van der Waals surface area contributed by atoms with Gasteiger partial charge in [-0.25, -0.2) is 0 Å². The highest BCUT2D eigenvalue weighted by atomic mass is 32.2. The van der Waals surface area contributed by atoms with Gasteiger partial charge in [-0.1, -0.05) is 72.4 Å². The molecule has 2 heterocycles. The third kappa shape index (κ3) is 4.95. The Morgan fingerprint density at radius 3 is 2.50 bits per heavy atom. The average molecular weight is 474 g/mol. The fourth-order valence-electron chi connectivity index (χ4n) is 4.04. The van der Waals surface area contributed by atoms with Crippen LogP contribution in [0.1, 0.15) is 12.2 Å². The lowest BCUT2D eigenvalue weighted by Crippen LogP contribution is -2.09. The fraction of sp³-hybridized carbons (Fsp3) is 0.259. The Morgan fingerprint density at radius 2 is 1.71 bits per heavy atom. The summed E-state index contributed by atoms with van der Waals surface area (Å²) >= 11 is 1.70. The quantitative estimate of drug-likeness (QED) is 0.293. The van der Waals surface area contributed by atoms with E-state index in [4.69, 9.17) is 14.2 Å². The van der Waals surface area contributed by atoms with E-state index in [1.165, 1.54) is 0 Å². The van der Waals surface area contributed by atoms with Crippen molar-refractivity contribution in [2.24, 2.45) is 5.92 Å². The van der Waals surface area contributed by atoms with Gasteiger partial charge in [-0.05, 0) is 36.1 Å². The van der Waals surface area contributed by atoms with E-state index in [1.807, 2.05) is 65.2 Å². The van der Waals surface area contributed by atoms with Gasteiger partial charge in [0.05, 0.1) is 19.4 Å². The first-order valence-corrected chi connectivity index (χ1v) is 12.4. The van der Waals surface area contributed by atoms with Crippen LogP contribution in [-0.2, 0) is 11.3 Å². The standard InChI is InChI=1S/C27H27N3O3S/c1-31-25-14-8-6-12-23(25)30-26(28-29-27(30)34-19-20-15-16-32-17-20)18-33-24-13-7-5-11-22(24)21-9-3-2-4-10-21/h2-14,20H,15-19H2,1H3. The lowest BCUT2D eigenvalue weighted by molar-refractivity contribution is 0.189. The van der Waals surface area contributed by atoms with Gasteiger partial charge in [0.1, 0.15) is 18.1 Å². The molecule has 3 aromatic carbocycles. The average Bonchev–Trinajstić information content (AvgIpc) is 3.56. The van der Waals surface area contributed by atoms with Crippen LogP contribution in [0.25, 0.3) is 16.8 Å². The number of hydrogen-bond donors (Lipinski definition) is 0. The second-order valence-electron chi connectivity index (χ2n) is 8.10. The first-order valence-electron chi connectivity index (χ1n) is 11.4. The van der Waals surface area contributed by atoms with Crippen LogP contribution in [-0.4, -0.2) is 40.8 Å². The molecule has 6 nitrogen and oxygen atoms in total. The number of hydrogen-bond acceptors (Lipinski definition) is 6. The monoisotopic (exact) mass is 473 g/mol. The summed E-state index contributed by atoms with van der Waals surface area (Å²) in [6.07, 6.45) is 1.09. The van der Waals surface area contributed by atoms with Crippen LogP contribution in [0.15, 0.2) is 84.0 Å². The number of benzene rings is 3. The van der Waals surface area contributed by atoms with Gasteiger partial charge in [0.15, 0.2) is 11.0 Å². The highest BCUT2D eigenvalue weighted by molar-refractivity contribution is 7.99. The number of aromatic nitrogens is 3. The van der Waals surface area contributed by atoms with Crippen molar-refractivity contribution in [2.45, 2.75) is 18.2 Å². The minimum Gasteiger partial charge on any atom is -0.495 e. The van der Waals surface area contributed by atoms with Crippen LogP contribution in [0.5, 0.6) is 11.5 Å². The van der Waals surface area contributed by atoms with E-state index in [1.54, 1.807) is 18.9 Å². The number of nitrogens with zero attached hydrogens (tertiary/aromatic N) is 3. The molecule has 1 aromatic heterocycles. The number of ether oxygens (including phenoxy) is 3. The van der Waals surface area contributed by atoms with E-state index in [0.717, 1.165) is 64.7 Å². The lowest BCUT2D eigenvalue weighted by atomic mass is 10.1. The molecular weight excluding hydrogens is 446 g/mol. The molecule has 0 radical (unpaired) electrons. The highest BCUT2D eigenvalue weighted by Crippen LogP contribution is 2.33. The van der Waals surface area contributed by atoms with Crippen molar-refractivity contribution >= 4 is 11.8 Å². The van der Waals surface area contributed by atoms with Crippen molar-refractivity contribution in [3.8, 4) is 28.3 Å². The Labute approximate surface area is 203 Å². The van der Waals surface area contributed by atoms with Crippen molar-refractivity contribution in [3.63, 3.8) is 0 Å². The Kier molecular flexibility index (Phi) is 7.12. The van der Waals surface area contributed by atoms with E-state index in [9.17, 15) is 0 Å². The molecule has 1 fully saturated rings. The van der Waals surface area contributed by atoms with Crippen LogP contribution in [0.3, 0.4) is 0 Å². The number of rotatable bonds is 9. The van der Waals surface area contributed by atoms with Gasteiger partial charge in [-0.2, -0.15) is 0 Å². The predicted molar refractivity (Wildman–Crippen MR) is 134 cm³/mol. The van der Waals surface area contributed by atoms with Gasteiger partial charge in [-0.15, -0.1) is 10.2 Å². The predicted octanol–water partition coefficient (Wildman–Crippen LogP) is 5.65. The summed E-state index contributed by atoms with van der Waals surface area (Å²) in [5, 5.41) is 9.86. The van der Waals surface area contributed by atoms with Crippen LogP contribution in [0.4, 0.5) is 0 Å². The van der Waals surface area contributed by atoms with Crippen molar-refractivity contribution in [1.82, 2.24) is 14.8 Å². The molecule has 174 valence electrons. The van der Waals surface area contributed by atoms with Crippen molar-refractivity contribution < 1.29 is 14.2 Å². The third-order valence-electron chi connectivity index (χ3n) is 5.83. The Balaban J connectivity index is 1.44. The molecular formula is C27H27N3O3S. The molecule has 1 unspecified atom stereocenters. The van der Waals surface area contributed by atoms with E-state index in [2.05, 4.69) is 28.4 Å². The summed E-state index contributed by atoms with van der Waals surface area (Å²) in [4.78, 5) is 0. The summed E-state index contributed by atoms with van der Waals surface area (Å²) in [7, 11) is 1.68. The zero-order chi connectivity index (χ0) is 23.2. The Morgan fingerprint density at radius 1 is 0.941 bits per heavy atom. The number of thioether (sulfide) groups is 1. The molecule has 1 saturated heterocycles. The second kappa shape index (κ2) is 10.8. The fourth-order valence-corrected chi connectivity index (χ4v) is 5.12. The molecule has 34 heavy (non-hydrogen) atoms. The van der Waals surface area contributed by atoms with Gasteiger partial charge in [0.25, 0.3) is 0 Å². The summed E-state index contributed by atoms with van der Waals surface area (Å²) in [5.41, 5.74) is 3.05. The topological polar surface area (TPSA) is 58.4 Å². The minimum atomic E-state index is 0.280. The Hall–Kier alpha value is -3.29. The summed E-state index contributed by atoms with van der Waals surface area (Å²) in [6, 6.07) is 26.2. The summed E-state index contributed by atoms with van der Waals surface area (Å²) in [6.45, 7) is 1.92. The molecule has 0 bridgehead atoms. The van der Waals surface area contributed by atoms with Crippen molar-refractivity contribution in [2.75, 3.05) is 26.1 Å². The summed E-state index contributed by atoms with van der Waals surface area (Å²) < 4.78 is 19.5. The largest absolute Gasteiger partial charge is 0.495 e. The van der Waals surface area contributed by atoms with E-state index < -0.39 is 0 Å². The molecule has 7 heteroatoms. The zero-order valence-corrected chi connectivity index (χ0v) is 19.9. The van der Waals surface area contributed by atoms with Crippen molar-refractivity contribution in [3.05, 3.63) is 84.7 Å². The Bertz CT molecular complexity index is 1220.